The average Bonchev–Trinajstić information content (AvgIpc) is 2.65. The van der Waals surface area contributed by atoms with Crippen molar-refractivity contribution >= 4 is 29.3 Å². The molecule has 1 aromatic carbocycles. The zero-order chi connectivity index (χ0) is 19.4. The quantitative estimate of drug-likeness (QED) is 0.609. The van der Waals surface area contributed by atoms with E-state index in [2.05, 4.69) is 10.6 Å². The fourth-order valence-corrected chi connectivity index (χ4v) is 3.78. The molecule has 0 aromatic heterocycles. The Kier molecular flexibility index (Phi) is 5.58. The Morgan fingerprint density at radius 3 is 2.59 bits per heavy atom. The van der Waals surface area contributed by atoms with E-state index >= 15 is 0 Å². The van der Waals surface area contributed by atoms with Gasteiger partial charge in [0.25, 0.3) is 0 Å². The number of aryl methyl sites for hydroxylation is 1. The smallest absolute Gasteiger partial charge is 0.332 e. The van der Waals surface area contributed by atoms with Gasteiger partial charge >= 0.3 is 5.97 Å². The number of carbonyl (C=O) groups excluding carboxylic acids is 4. The molecular formula is C20H24N2O5. The van der Waals surface area contributed by atoms with Crippen LogP contribution in [0.4, 0.5) is 5.69 Å². The van der Waals surface area contributed by atoms with Crippen LogP contribution in [0.1, 0.15) is 61.4 Å². The maximum absolute atomic E-state index is 12.6. The van der Waals surface area contributed by atoms with Crippen molar-refractivity contribution < 1.29 is 23.9 Å². The first-order valence-electron chi connectivity index (χ1n) is 9.32. The Morgan fingerprint density at radius 2 is 1.89 bits per heavy atom. The van der Waals surface area contributed by atoms with Crippen LogP contribution in [0, 0.1) is 0 Å². The Balaban J connectivity index is 1.65. The molecule has 1 aromatic rings. The average molecular weight is 372 g/mol. The Hall–Kier alpha value is -2.70. The van der Waals surface area contributed by atoms with Crippen molar-refractivity contribution in [1.82, 2.24) is 5.32 Å². The van der Waals surface area contributed by atoms with Crippen LogP contribution in [-0.2, 0) is 25.5 Å². The summed E-state index contributed by atoms with van der Waals surface area (Å²) in [6, 6.07) is 5.04. The molecule has 2 amide bonds. The molecule has 7 nitrogen and oxygen atoms in total. The monoisotopic (exact) mass is 372 g/mol. The molecule has 27 heavy (non-hydrogen) atoms. The Labute approximate surface area is 157 Å². The van der Waals surface area contributed by atoms with Gasteiger partial charge < -0.3 is 15.4 Å². The summed E-state index contributed by atoms with van der Waals surface area (Å²) in [5, 5.41) is 5.51. The number of ketones is 1. The Bertz CT molecular complexity index is 781. The van der Waals surface area contributed by atoms with Crippen LogP contribution in [0.2, 0.25) is 0 Å². The highest BCUT2D eigenvalue weighted by Crippen LogP contribution is 2.30. The number of anilines is 1. The number of hydrogen-bond donors (Lipinski definition) is 2. The third-order valence-electron chi connectivity index (χ3n) is 5.17. The lowest BCUT2D eigenvalue weighted by atomic mass is 9.81. The molecule has 1 heterocycles. The van der Waals surface area contributed by atoms with E-state index < -0.39 is 11.5 Å². The van der Waals surface area contributed by atoms with E-state index in [9.17, 15) is 19.2 Å². The van der Waals surface area contributed by atoms with Crippen LogP contribution >= 0.6 is 0 Å². The third-order valence-corrected chi connectivity index (χ3v) is 5.17. The lowest BCUT2D eigenvalue weighted by molar-refractivity contribution is -0.154. The highest BCUT2D eigenvalue weighted by Gasteiger charge is 2.42. The molecule has 1 saturated carbocycles. The van der Waals surface area contributed by atoms with Gasteiger partial charge in [-0.15, -0.1) is 0 Å². The van der Waals surface area contributed by atoms with Gasteiger partial charge in [0.2, 0.25) is 11.8 Å². The minimum atomic E-state index is -1.02. The van der Waals surface area contributed by atoms with Gasteiger partial charge in [0.1, 0.15) is 5.54 Å². The highest BCUT2D eigenvalue weighted by atomic mass is 16.5. The number of rotatable bonds is 5. The molecule has 1 fully saturated rings. The maximum atomic E-state index is 12.6. The fraction of sp³-hybridized carbons (Fsp3) is 0.500. The van der Waals surface area contributed by atoms with Gasteiger partial charge in [0.05, 0.1) is 0 Å². The standard InChI is InChI=1S/C20H24N2O5/c1-13(23)22-20(9-3-2-4-10-20)19(26)27-12-17(24)15-5-7-16-14(11-15)6-8-18(25)21-16/h5,7,11H,2-4,6,8-10,12H2,1H3,(H,21,25)(H,22,23). The number of carbonyl (C=O) groups is 4. The summed E-state index contributed by atoms with van der Waals surface area (Å²) in [5.41, 5.74) is 1.03. The van der Waals surface area contributed by atoms with E-state index in [4.69, 9.17) is 4.74 Å². The van der Waals surface area contributed by atoms with Crippen LogP contribution in [0.3, 0.4) is 0 Å². The summed E-state index contributed by atoms with van der Waals surface area (Å²) in [5.74, 6) is -1.17. The van der Waals surface area contributed by atoms with Crippen LogP contribution in [0.15, 0.2) is 18.2 Å². The van der Waals surface area contributed by atoms with E-state index in [1.807, 2.05) is 0 Å². The van der Waals surface area contributed by atoms with Gasteiger partial charge in [-0.3, -0.25) is 14.4 Å². The topological polar surface area (TPSA) is 102 Å². The second-order valence-electron chi connectivity index (χ2n) is 7.24. The van der Waals surface area contributed by atoms with E-state index in [1.165, 1.54) is 6.92 Å². The molecule has 7 heteroatoms. The minimum absolute atomic E-state index is 0.0359. The molecule has 1 aliphatic heterocycles. The van der Waals surface area contributed by atoms with Gasteiger partial charge in [-0.2, -0.15) is 0 Å². The molecule has 0 unspecified atom stereocenters. The molecule has 0 radical (unpaired) electrons. The van der Waals surface area contributed by atoms with Crippen LogP contribution in [0.25, 0.3) is 0 Å². The molecule has 0 atom stereocenters. The summed E-state index contributed by atoms with van der Waals surface area (Å²) in [6.45, 7) is 1.01. The van der Waals surface area contributed by atoms with E-state index in [1.54, 1.807) is 18.2 Å². The number of nitrogens with one attached hydrogen (secondary N) is 2. The van der Waals surface area contributed by atoms with E-state index in [0.29, 0.717) is 36.9 Å². The number of esters is 1. The highest BCUT2D eigenvalue weighted by molar-refractivity contribution is 6.00. The van der Waals surface area contributed by atoms with Gasteiger partial charge in [0.15, 0.2) is 12.4 Å². The fourth-order valence-electron chi connectivity index (χ4n) is 3.78. The van der Waals surface area contributed by atoms with Crippen LogP contribution in [0.5, 0.6) is 0 Å². The maximum Gasteiger partial charge on any atom is 0.332 e. The molecule has 0 bridgehead atoms. The molecular weight excluding hydrogens is 348 g/mol. The SMILES string of the molecule is CC(=O)NC1(C(=O)OCC(=O)c2ccc3c(c2)CCC(=O)N3)CCCCC1. The van der Waals surface area contributed by atoms with Crippen molar-refractivity contribution in [2.24, 2.45) is 0 Å². The number of amides is 2. The lowest BCUT2D eigenvalue weighted by Crippen LogP contribution is -2.56. The van der Waals surface area contributed by atoms with Crippen molar-refractivity contribution in [3.05, 3.63) is 29.3 Å². The number of hydrogen-bond acceptors (Lipinski definition) is 5. The van der Waals surface area contributed by atoms with Gasteiger partial charge in [0, 0.05) is 24.6 Å². The third kappa shape index (κ3) is 4.35. The van der Waals surface area contributed by atoms with E-state index in [-0.39, 0.29) is 24.2 Å². The predicted molar refractivity (Wildman–Crippen MR) is 98.3 cm³/mol. The van der Waals surface area contributed by atoms with Crippen molar-refractivity contribution in [3.63, 3.8) is 0 Å². The zero-order valence-corrected chi connectivity index (χ0v) is 15.4. The Morgan fingerprint density at radius 1 is 1.15 bits per heavy atom. The second-order valence-corrected chi connectivity index (χ2v) is 7.24. The van der Waals surface area contributed by atoms with E-state index in [0.717, 1.165) is 24.8 Å². The molecule has 144 valence electrons. The molecule has 1 aliphatic carbocycles. The van der Waals surface area contributed by atoms with Gasteiger partial charge in [-0.05, 0) is 43.0 Å². The first-order chi connectivity index (χ1) is 12.9. The zero-order valence-electron chi connectivity index (χ0n) is 15.4. The number of benzene rings is 1. The first-order valence-corrected chi connectivity index (χ1v) is 9.32. The number of fused-ring (bicyclic) bond motifs is 1. The van der Waals surface area contributed by atoms with Gasteiger partial charge in [-0.1, -0.05) is 19.3 Å². The second kappa shape index (κ2) is 7.90. The van der Waals surface area contributed by atoms with Crippen LogP contribution < -0.4 is 10.6 Å². The van der Waals surface area contributed by atoms with Crippen molar-refractivity contribution in [2.45, 2.75) is 57.4 Å². The first kappa shape index (κ1) is 19.1. The molecule has 0 saturated heterocycles. The largest absolute Gasteiger partial charge is 0.456 e. The van der Waals surface area contributed by atoms with Crippen LogP contribution in [-0.4, -0.2) is 35.7 Å². The molecule has 2 aliphatic rings. The number of Topliss-reactive ketones (excluding diaryl/α,β-unsaturated/α-hetero) is 1. The minimum Gasteiger partial charge on any atom is -0.456 e. The predicted octanol–water partition coefficient (Wildman–Crippen LogP) is 2.14. The lowest BCUT2D eigenvalue weighted by Gasteiger charge is -2.35. The summed E-state index contributed by atoms with van der Waals surface area (Å²) >= 11 is 0. The van der Waals surface area contributed by atoms with Crippen molar-refractivity contribution in [3.8, 4) is 0 Å². The molecule has 3 rings (SSSR count). The summed E-state index contributed by atoms with van der Waals surface area (Å²) in [6.07, 6.45) is 4.70. The summed E-state index contributed by atoms with van der Waals surface area (Å²) < 4.78 is 5.29. The van der Waals surface area contributed by atoms with Gasteiger partial charge in [-0.25, -0.2) is 4.79 Å². The summed E-state index contributed by atoms with van der Waals surface area (Å²) in [7, 11) is 0. The van der Waals surface area contributed by atoms with Crippen molar-refractivity contribution in [2.75, 3.05) is 11.9 Å². The number of ether oxygens (including phenoxy) is 1. The molecule has 0 spiro atoms. The summed E-state index contributed by atoms with van der Waals surface area (Å²) in [4.78, 5) is 48.0. The normalized spacial score (nSPS) is 18.0. The molecule has 2 N–H and O–H groups in total. The van der Waals surface area contributed by atoms with Crippen molar-refractivity contribution in [1.29, 1.82) is 0 Å².